The van der Waals surface area contributed by atoms with Crippen molar-refractivity contribution in [3.8, 4) is 11.3 Å². The van der Waals surface area contributed by atoms with Gasteiger partial charge in [-0.3, -0.25) is 4.68 Å². The number of hydrogen-bond acceptors (Lipinski definition) is 3. The quantitative estimate of drug-likeness (QED) is 0.722. The fourth-order valence-corrected chi connectivity index (χ4v) is 2.41. The number of aryl methyl sites for hydroxylation is 1. The monoisotopic (exact) mass is 280 g/mol. The molecule has 3 rings (SSSR count). The molecule has 0 spiro atoms. The van der Waals surface area contributed by atoms with Gasteiger partial charge in [-0.1, -0.05) is 43.7 Å². The van der Waals surface area contributed by atoms with E-state index >= 15 is 0 Å². The molecule has 4 heteroatoms. The Morgan fingerprint density at radius 2 is 2.00 bits per heavy atom. The molecule has 0 aliphatic carbocycles. The normalized spacial score (nSPS) is 11.0. The Kier molecular flexibility index (Phi) is 3.86. The first kappa shape index (κ1) is 13.6. The van der Waals surface area contributed by atoms with Crippen molar-refractivity contribution in [2.45, 2.75) is 19.8 Å². The van der Waals surface area contributed by atoms with Gasteiger partial charge in [0.2, 0.25) is 0 Å². The van der Waals surface area contributed by atoms with Crippen LogP contribution in [0.2, 0.25) is 0 Å². The molecule has 0 amide bonds. The Labute approximate surface area is 124 Å². The standard InChI is InChI=1S/C17H20N4/c1-3-4-10-18-16-11-15(13-8-6-5-7-9-13)19-17-14(16)12-21(2)20-17/h5-9,11-12,18H,3-4,10H2,1-2H3. The van der Waals surface area contributed by atoms with E-state index in [1.807, 2.05) is 36.1 Å². The summed E-state index contributed by atoms with van der Waals surface area (Å²) in [5.74, 6) is 0. The fraction of sp³-hybridized carbons (Fsp3) is 0.294. The summed E-state index contributed by atoms with van der Waals surface area (Å²) in [5, 5.41) is 9.05. The Morgan fingerprint density at radius 3 is 2.76 bits per heavy atom. The van der Waals surface area contributed by atoms with E-state index in [0.29, 0.717) is 0 Å². The Morgan fingerprint density at radius 1 is 1.19 bits per heavy atom. The zero-order valence-electron chi connectivity index (χ0n) is 12.5. The molecule has 0 bridgehead atoms. The number of aromatic nitrogens is 3. The van der Waals surface area contributed by atoms with Gasteiger partial charge in [0, 0.05) is 31.0 Å². The second-order valence-electron chi connectivity index (χ2n) is 5.24. The highest BCUT2D eigenvalue weighted by molar-refractivity contribution is 5.91. The van der Waals surface area contributed by atoms with Crippen LogP contribution in [0.15, 0.2) is 42.6 Å². The maximum atomic E-state index is 4.68. The highest BCUT2D eigenvalue weighted by Gasteiger charge is 2.10. The van der Waals surface area contributed by atoms with Gasteiger partial charge in [0.05, 0.1) is 11.1 Å². The molecule has 0 aliphatic heterocycles. The number of nitrogens with one attached hydrogen (secondary N) is 1. The predicted molar refractivity (Wildman–Crippen MR) is 87.3 cm³/mol. The van der Waals surface area contributed by atoms with Crippen molar-refractivity contribution in [3.05, 3.63) is 42.6 Å². The molecule has 0 unspecified atom stereocenters. The van der Waals surface area contributed by atoms with E-state index in [1.54, 1.807) is 0 Å². The zero-order valence-corrected chi connectivity index (χ0v) is 12.5. The smallest absolute Gasteiger partial charge is 0.183 e. The van der Waals surface area contributed by atoms with Crippen molar-refractivity contribution in [2.24, 2.45) is 7.05 Å². The van der Waals surface area contributed by atoms with Crippen LogP contribution in [0.1, 0.15) is 19.8 Å². The number of nitrogens with zero attached hydrogens (tertiary/aromatic N) is 3. The molecule has 2 aromatic heterocycles. The molecular formula is C17H20N4. The van der Waals surface area contributed by atoms with Crippen molar-refractivity contribution in [3.63, 3.8) is 0 Å². The summed E-state index contributed by atoms with van der Waals surface area (Å²) in [4.78, 5) is 4.68. The van der Waals surface area contributed by atoms with Crippen LogP contribution in [0, 0.1) is 0 Å². The van der Waals surface area contributed by atoms with Crippen molar-refractivity contribution >= 4 is 16.7 Å². The minimum absolute atomic E-state index is 0.790. The van der Waals surface area contributed by atoms with E-state index in [9.17, 15) is 0 Å². The Hall–Kier alpha value is -2.36. The van der Waals surface area contributed by atoms with Crippen LogP contribution in [-0.2, 0) is 7.05 Å². The summed E-state index contributed by atoms with van der Waals surface area (Å²) in [6.45, 7) is 3.17. The third-order valence-corrected chi connectivity index (χ3v) is 3.52. The largest absolute Gasteiger partial charge is 0.384 e. The number of pyridine rings is 1. The van der Waals surface area contributed by atoms with Crippen molar-refractivity contribution in [2.75, 3.05) is 11.9 Å². The lowest BCUT2D eigenvalue weighted by Gasteiger charge is -2.09. The third-order valence-electron chi connectivity index (χ3n) is 3.52. The zero-order chi connectivity index (χ0) is 14.7. The van der Waals surface area contributed by atoms with Crippen LogP contribution in [-0.4, -0.2) is 21.3 Å². The summed E-state index contributed by atoms with van der Waals surface area (Å²) in [5.41, 5.74) is 3.97. The SMILES string of the molecule is CCCCNc1cc(-c2ccccc2)nc2nn(C)cc12. The molecule has 3 aromatic rings. The number of fused-ring (bicyclic) bond motifs is 1. The van der Waals surface area contributed by atoms with Crippen LogP contribution in [0.3, 0.4) is 0 Å². The summed E-state index contributed by atoms with van der Waals surface area (Å²) < 4.78 is 1.82. The molecule has 108 valence electrons. The second-order valence-corrected chi connectivity index (χ2v) is 5.24. The van der Waals surface area contributed by atoms with Gasteiger partial charge < -0.3 is 5.32 Å². The Bertz CT molecular complexity index is 731. The first-order valence-corrected chi connectivity index (χ1v) is 7.41. The molecular weight excluding hydrogens is 260 g/mol. The van der Waals surface area contributed by atoms with Gasteiger partial charge >= 0.3 is 0 Å². The van der Waals surface area contributed by atoms with Gasteiger partial charge in [0.15, 0.2) is 5.65 Å². The average Bonchev–Trinajstić information content (AvgIpc) is 2.88. The topological polar surface area (TPSA) is 42.7 Å². The molecule has 0 fully saturated rings. The van der Waals surface area contributed by atoms with Gasteiger partial charge in [-0.15, -0.1) is 0 Å². The van der Waals surface area contributed by atoms with Gasteiger partial charge in [-0.05, 0) is 12.5 Å². The minimum Gasteiger partial charge on any atom is -0.384 e. The van der Waals surface area contributed by atoms with Crippen LogP contribution >= 0.6 is 0 Å². The number of unbranched alkanes of at least 4 members (excludes halogenated alkanes) is 1. The van der Waals surface area contributed by atoms with E-state index in [2.05, 4.69) is 40.5 Å². The third kappa shape index (κ3) is 2.89. The average molecular weight is 280 g/mol. The molecule has 0 saturated heterocycles. The molecule has 2 heterocycles. The second kappa shape index (κ2) is 5.95. The van der Waals surface area contributed by atoms with Crippen molar-refractivity contribution < 1.29 is 0 Å². The first-order valence-electron chi connectivity index (χ1n) is 7.41. The lowest BCUT2D eigenvalue weighted by atomic mass is 10.1. The number of anilines is 1. The summed E-state index contributed by atoms with van der Waals surface area (Å²) >= 11 is 0. The number of rotatable bonds is 5. The van der Waals surface area contributed by atoms with Crippen LogP contribution < -0.4 is 5.32 Å². The van der Waals surface area contributed by atoms with E-state index in [-0.39, 0.29) is 0 Å². The van der Waals surface area contributed by atoms with Crippen LogP contribution in [0.25, 0.3) is 22.3 Å². The summed E-state index contributed by atoms with van der Waals surface area (Å²) in [6, 6.07) is 12.4. The van der Waals surface area contributed by atoms with Crippen molar-refractivity contribution in [1.29, 1.82) is 0 Å². The van der Waals surface area contributed by atoms with Crippen molar-refractivity contribution in [1.82, 2.24) is 14.8 Å². The molecule has 1 N–H and O–H groups in total. The summed E-state index contributed by atoms with van der Waals surface area (Å²) in [7, 11) is 1.93. The minimum atomic E-state index is 0.790. The first-order chi connectivity index (χ1) is 10.3. The van der Waals surface area contributed by atoms with E-state index in [1.165, 1.54) is 6.42 Å². The fourth-order valence-electron chi connectivity index (χ4n) is 2.41. The molecule has 0 saturated carbocycles. The maximum absolute atomic E-state index is 4.68. The lowest BCUT2D eigenvalue weighted by molar-refractivity contribution is 0.776. The summed E-state index contributed by atoms with van der Waals surface area (Å²) in [6.07, 6.45) is 4.36. The number of benzene rings is 1. The molecule has 1 aromatic carbocycles. The van der Waals surface area contributed by atoms with Gasteiger partial charge in [-0.25, -0.2) is 4.98 Å². The highest BCUT2D eigenvalue weighted by Crippen LogP contribution is 2.27. The van der Waals surface area contributed by atoms with E-state index in [4.69, 9.17) is 0 Å². The molecule has 4 nitrogen and oxygen atoms in total. The van der Waals surface area contributed by atoms with Crippen LogP contribution in [0.5, 0.6) is 0 Å². The van der Waals surface area contributed by atoms with Gasteiger partial charge in [0.25, 0.3) is 0 Å². The maximum Gasteiger partial charge on any atom is 0.183 e. The number of hydrogen-bond donors (Lipinski definition) is 1. The van der Waals surface area contributed by atoms with Gasteiger partial charge in [0.1, 0.15) is 0 Å². The Balaban J connectivity index is 2.06. The molecule has 0 atom stereocenters. The van der Waals surface area contributed by atoms with E-state index in [0.717, 1.165) is 40.9 Å². The predicted octanol–water partition coefficient (Wildman–Crippen LogP) is 3.85. The molecule has 0 radical (unpaired) electrons. The molecule has 0 aliphatic rings. The lowest BCUT2D eigenvalue weighted by Crippen LogP contribution is -2.02. The van der Waals surface area contributed by atoms with E-state index < -0.39 is 0 Å². The van der Waals surface area contributed by atoms with Crippen LogP contribution in [0.4, 0.5) is 5.69 Å². The highest BCUT2D eigenvalue weighted by atomic mass is 15.3. The molecule has 21 heavy (non-hydrogen) atoms. The van der Waals surface area contributed by atoms with Gasteiger partial charge in [-0.2, -0.15) is 5.10 Å².